The van der Waals surface area contributed by atoms with Gasteiger partial charge in [0, 0.05) is 29.5 Å². The number of rotatable bonds is 4. The predicted octanol–water partition coefficient (Wildman–Crippen LogP) is 2.72. The van der Waals surface area contributed by atoms with Crippen LogP contribution in [0.15, 0.2) is 35.0 Å². The number of amides is 1. The highest BCUT2D eigenvalue weighted by molar-refractivity contribution is 7.07. The molecule has 4 N–H and O–H groups in total. The lowest BCUT2D eigenvalue weighted by Gasteiger charge is -2.22. The van der Waals surface area contributed by atoms with Gasteiger partial charge in [-0.2, -0.15) is 11.3 Å². The van der Waals surface area contributed by atoms with E-state index in [1.807, 2.05) is 10.3 Å². The summed E-state index contributed by atoms with van der Waals surface area (Å²) in [6, 6.07) is 7.46. The molecule has 0 bridgehead atoms. The standard InChI is InChI=1S/C15H17N3OS/c16-12-5-11(6-13(17)7-12)15(19)18(14-1-2-14)8-10-3-4-20-9-10/h3-7,9,14H,1-2,8,16-17H2. The lowest BCUT2D eigenvalue weighted by Crippen LogP contribution is -2.32. The van der Waals surface area contributed by atoms with Crippen LogP contribution in [0.5, 0.6) is 0 Å². The van der Waals surface area contributed by atoms with Crippen molar-refractivity contribution in [2.45, 2.75) is 25.4 Å². The Labute approximate surface area is 122 Å². The minimum absolute atomic E-state index is 0.0118. The lowest BCUT2D eigenvalue weighted by molar-refractivity contribution is 0.0730. The van der Waals surface area contributed by atoms with Crippen LogP contribution in [-0.4, -0.2) is 16.8 Å². The molecule has 0 radical (unpaired) electrons. The Kier molecular flexibility index (Phi) is 3.36. The van der Waals surface area contributed by atoms with Gasteiger partial charge in [-0.15, -0.1) is 0 Å². The Morgan fingerprint density at radius 3 is 2.50 bits per heavy atom. The van der Waals surface area contributed by atoms with Gasteiger partial charge in [-0.1, -0.05) is 0 Å². The normalized spacial score (nSPS) is 14.2. The van der Waals surface area contributed by atoms with Crippen molar-refractivity contribution in [3.05, 3.63) is 46.2 Å². The largest absolute Gasteiger partial charge is 0.399 e. The van der Waals surface area contributed by atoms with Crippen LogP contribution in [0.1, 0.15) is 28.8 Å². The molecule has 1 aromatic carbocycles. The van der Waals surface area contributed by atoms with Crippen molar-refractivity contribution in [2.75, 3.05) is 11.5 Å². The molecule has 1 aliphatic rings. The average molecular weight is 287 g/mol. The van der Waals surface area contributed by atoms with Crippen molar-refractivity contribution < 1.29 is 4.79 Å². The van der Waals surface area contributed by atoms with Crippen molar-refractivity contribution >= 4 is 28.6 Å². The van der Waals surface area contributed by atoms with E-state index in [0.29, 0.717) is 29.5 Å². The van der Waals surface area contributed by atoms with Gasteiger partial charge in [-0.3, -0.25) is 4.79 Å². The number of nitrogens with zero attached hydrogens (tertiary/aromatic N) is 1. The van der Waals surface area contributed by atoms with Crippen molar-refractivity contribution in [3.63, 3.8) is 0 Å². The highest BCUT2D eigenvalue weighted by Crippen LogP contribution is 2.30. The zero-order valence-electron chi connectivity index (χ0n) is 11.1. The molecule has 1 heterocycles. The molecular formula is C15H17N3OS. The molecule has 3 rings (SSSR count). The maximum absolute atomic E-state index is 12.7. The zero-order chi connectivity index (χ0) is 14.1. The number of nitrogen functional groups attached to an aromatic ring is 2. The van der Waals surface area contributed by atoms with Crippen molar-refractivity contribution in [1.82, 2.24) is 4.90 Å². The van der Waals surface area contributed by atoms with Crippen LogP contribution < -0.4 is 11.5 Å². The first kappa shape index (κ1) is 13.0. The number of carbonyl (C=O) groups is 1. The van der Waals surface area contributed by atoms with Gasteiger partial charge in [0.05, 0.1) is 0 Å². The molecule has 4 nitrogen and oxygen atoms in total. The second-order valence-corrected chi connectivity index (χ2v) is 5.96. The van der Waals surface area contributed by atoms with Gasteiger partial charge in [0.15, 0.2) is 0 Å². The first-order chi connectivity index (χ1) is 9.63. The topological polar surface area (TPSA) is 72.3 Å². The number of nitrogens with two attached hydrogens (primary N) is 2. The van der Waals surface area contributed by atoms with Gasteiger partial charge in [-0.05, 0) is 53.4 Å². The number of thiophene rings is 1. The maximum atomic E-state index is 12.7. The minimum atomic E-state index is 0.0118. The van der Waals surface area contributed by atoms with E-state index in [0.717, 1.165) is 12.8 Å². The molecule has 20 heavy (non-hydrogen) atoms. The molecule has 1 fully saturated rings. The molecule has 0 unspecified atom stereocenters. The monoisotopic (exact) mass is 287 g/mol. The van der Waals surface area contributed by atoms with Gasteiger partial charge in [0.2, 0.25) is 0 Å². The molecule has 0 saturated heterocycles. The second kappa shape index (κ2) is 5.17. The van der Waals surface area contributed by atoms with E-state index in [1.54, 1.807) is 29.5 Å². The van der Waals surface area contributed by atoms with E-state index in [4.69, 9.17) is 11.5 Å². The summed E-state index contributed by atoms with van der Waals surface area (Å²) in [7, 11) is 0. The first-order valence-electron chi connectivity index (χ1n) is 6.61. The van der Waals surface area contributed by atoms with E-state index in [2.05, 4.69) is 11.4 Å². The smallest absolute Gasteiger partial charge is 0.254 e. The van der Waals surface area contributed by atoms with Crippen molar-refractivity contribution in [3.8, 4) is 0 Å². The Morgan fingerprint density at radius 1 is 1.25 bits per heavy atom. The Hall–Kier alpha value is -2.01. The van der Waals surface area contributed by atoms with Gasteiger partial charge in [0.1, 0.15) is 0 Å². The van der Waals surface area contributed by atoms with Gasteiger partial charge < -0.3 is 16.4 Å². The van der Waals surface area contributed by atoms with Gasteiger partial charge in [-0.25, -0.2) is 0 Å². The lowest BCUT2D eigenvalue weighted by atomic mass is 10.1. The number of benzene rings is 1. The van der Waals surface area contributed by atoms with E-state index < -0.39 is 0 Å². The average Bonchev–Trinajstić information content (AvgIpc) is 3.11. The van der Waals surface area contributed by atoms with Crippen LogP contribution >= 0.6 is 11.3 Å². The zero-order valence-corrected chi connectivity index (χ0v) is 11.9. The summed E-state index contributed by atoms with van der Waals surface area (Å²) in [5.74, 6) is 0.0118. The molecule has 0 spiro atoms. The van der Waals surface area contributed by atoms with Crippen molar-refractivity contribution in [2.24, 2.45) is 0 Å². The molecule has 2 aromatic rings. The maximum Gasteiger partial charge on any atom is 0.254 e. The molecular weight excluding hydrogens is 270 g/mol. The summed E-state index contributed by atoms with van der Waals surface area (Å²) in [5.41, 5.74) is 14.4. The van der Waals surface area contributed by atoms with Crippen LogP contribution in [0.2, 0.25) is 0 Å². The number of carbonyl (C=O) groups excluding carboxylic acids is 1. The van der Waals surface area contributed by atoms with E-state index in [9.17, 15) is 4.79 Å². The second-order valence-electron chi connectivity index (χ2n) is 5.18. The third kappa shape index (κ3) is 2.77. The van der Waals surface area contributed by atoms with E-state index >= 15 is 0 Å². The summed E-state index contributed by atoms with van der Waals surface area (Å²) in [4.78, 5) is 14.6. The molecule has 1 aromatic heterocycles. The van der Waals surface area contributed by atoms with Crippen LogP contribution in [-0.2, 0) is 6.54 Å². The highest BCUT2D eigenvalue weighted by Gasteiger charge is 2.33. The summed E-state index contributed by atoms with van der Waals surface area (Å²) < 4.78 is 0. The molecule has 5 heteroatoms. The Morgan fingerprint density at radius 2 is 1.95 bits per heavy atom. The molecule has 1 amide bonds. The fourth-order valence-electron chi connectivity index (χ4n) is 2.30. The molecule has 1 saturated carbocycles. The summed E-state index contributed by atoms with van der Waals surface area (Å²) in [6.45, 7) is 0.654. The summed E-state index contributed by atoms with van der Waals surface area (Å²) >= 11 is 1.65. The van der Waals surface area contributed by atoms with E-state index in [1.165, 1.54) is 5.56 Å². The van der Waals surface area contributed by atoms with Crippen LogP contribution in [0.25, 0.3) is 0 Å². The SMILES string of the molecule is Nc1cc(N)cc(C(=O)N(Cc2ccsc2)C2CC2)c1. The number of anilines is 2. The quantitative estimate of drug-likeness (QED) is 0.849. The summed E-state index contributed by atoms with van der Waals surface area (Å²) in [6.07, 6.45) is 2.15. The Balaban J connectivity index is 1.85. The first-order valence-corrected chi connectivity index (χ1v) is 7.56. The highest BCUT2D eigenvalue weighted by atomic mass is 32.1. The number of hydrogen-bond donors (Lipinski definition) is 2. The molecule has 0 aliphatic heterocycles. The fourth-order valence-corrected chi connectivity index (χ4v) is 2.96. The minimum Gasteiger partial charge on any atom is -0.399 e. The van der Waals surface area contributed by atoms with Crippen LogP contribution in [0.4, 0.5) is 11.4 Å². The van der Waals surface area contributed by atoms with Crippen LogP contribution in [0.3, 0.4) is 0 Å². The summed E-state index contributed by atoms with van der Waals surface area (Å²) in [5, 5.41) is 4.11. The fraction of sp³-hybridized carbons (Fsp3) is 0.267. The van der Waals surface area contributed by atoms with Gasteiger partial charge in [0.25, 0.3) is 5.91 Å². The third-order valence-corrected chi connectivity index (χ3v) is 4.14. The number of hydrogen-bond acceptors (Lipinski definition) is 4. The molecule has 1 aliphatic carbocycles. The molecule has 104 valence electrons. The van der Waals surface area contributed by atoms with Crippen LogP contribution in [0, 0.1) is 0 Å². The van der Waals surface area contributed by atoms with E-state index in [-0.39, 0.29) is 5.91 Å². The molecule has 0 atom stereocenters. The predicted molar refractivity (Wildman–Crippen MR) is 82.5 cm³/mol. The van der Waals surface area contributed by atoms with Crippen molar-refractivity contribution in [1.29, 1.82) is 0 Å². The third-order valence-electron chi connectivity index (χ3n) is 3.41. The van der Waals surface area contributed by atoms with Gasteiger partial charge >= 0.3 is 0 Å². The Bertz CT molecular complexity index is 600.